The number of rotatable bonds is 2. The van der Waals surface area contributed by atoms with Gasteiger partial charge in [0.2, 0.25) is 0 Å². The molecule has 0 bridgehead atoms. The van der Waals surface area contributed by atoms with Crippen LogP contribution in [0.2, 0.25) is 0 Å². The van der Waals surface area contributed by atoms with Gasteiger partial charge in [0.25, 0.3) is 0 Å². The summed E-state index contributed by atoms with van der Waals surface area (Å²) in [5, 5.41) is 3.59. The van der Waals surface area contributed by atoms with Gasteiger partial charge < -0.3 is 10.2 Å². The minimum atomic E-state index is 0.655. The van der Waals surface area contributed by atoms with Crippen LogP contribution in [0, 0.1) is 5.92 Å². The minimum Gasteiger partial charge on any atom is -0.383 e. The molecule has 2 heterocycles. The van der Waals surface area contributed by atoms with Crippen LogP contribution in [0.15, 0.2) is 24.3 Å². The van der Waals surface area contributed by atoms with Crippen LogP contribution in [-0.2, 0) is 6.42 Å². The quantitative estimate of drug-likeness (QED) is 0.875. The van der Waals surface area contributed by atoms with Crippen LogP contribution in [-0.4, -0.2) is 55.6 Å². The second-order valence-corrected chi connectivity index (χ2v) is 6.36. The molecule has 3 nitrogen and oxygen atoms in total. The van der Waals surface area contributed by atoms with Gasteiger partial charge in [0.1, 0.15) is 0 Å². The third kappa shape index (κ3) is 2.49. The summed E-state index contributed by atoms with van der Waals surface area (Å²) in [5.74, 6) is 0.771. The monoisotopic (exact) mass is 259 g/mol. The zero-order valence-corrected chi connectivity index (χ0v) is 12.3. The molecule has 1 aromatic carbocycles. The lowest BCUT2D eigenvalue weighted by Crippen LogP contribution is -2.44. The fourth-order valence-electron chi connectivity index (χ4n) is 3.64. The molecule has 1 N–H and O–H groups in total. The Morgan fingerprint density at radius 1 is 1.21 bits per heavy atom. The van der Waals surface area contributed by atoms with Gasteiger partial charge in [0.15, 0.2) is 0 Å². The number of likely N-dealkylation sites (tertiary alicyclic amines) is 1. The molecule has 2 aliphatic heterocycles. The van der Waals surface area contributed by atoms with Gasteiger partial charge >= 0.3 is 0 Å². The molecule has 104 valence electrons. The first-order valence-corrected chi connectivity index (χ1v) is 7.37. The number of para-hydroxylation sites is 1. The SMILES string of the molecule is CC1CN(C2CNc3ccccc3C2)CC1N(C)C. The number of anilines is 1. The fraction of sp³-hybridized carbons (Fsp3) is 0.625. The molecule has 0 amide bonds. The summed E-state index contributed by atoms with van der Waals surface area (Å²) in [4.78, 5) is 5.06. The molecule has 0 radical (unpaired) electrons. The van der Waals surface area contributed by atoms with E-state index in [1.54, 1.807) is 0 Å². The molecule has 0 saturated carbocycles. The number of likely N-dealkylation sites (N-methyl/N-ethyl adjacent to an activating group) is 1. The molecule has 0 spiro atoms. The van der Waals surface area contributed by atoms with Crippen molar-refractivity contribution in [2.24, 2.45) is 5.92 Å². The number of nitrogens with one attached hydrogen (secondary N) is 1. The van der Waals surface area contributed by atoms with Crippen LogP contribution >= 0.6 is 0 Å². The molecule has 3 unspecified atom stereocenters. The van der Waals surface area contributed by atoms with Gasteiger partial charge in [-0.15, -0.1) is 0 Å². The number of fused-ring (bicyclic) bond motifs is 1. The molecule has 19 heavy (non-hydrogen) atoms. The minimum absolute atomic E-state index is 0.655. The van der Waals surface area contributed by atoms with Gasteiger partial charge in [-0.1, -0.05) is 25.1 Å². The van der Waals surface area contributed by atoms with Crippen molar-refractivity contribution in [1.29, 1.82) is 0 Å². The Morgan fingerprint density at radius 3 is 2.74 bits per heavy atom. The summed E-state index contributed by atoms with van der Waals surface area (Å²) >= 11 is 0. The van der Waals surface area contributed by atoms with E-state index in [0.717, 1.165) is 12.5 Å². The Balaban J connectivity index is 1.69. The second-order valence-electron chi connectivity index (χ2n) is 6.36. The largest absolute Gasteiger partial charge is 0.383 e. The Kier molecular flexibility index (Phi) is 3.50. The lowest BCUT2D eigenvalue weighted by Gasteiger charge is -2.33. The van der Waals surface area contributed by atoms with E-state index < -0.39 is 0 Å². The van der Waals surface area contributed by atoms with Gasteiger partial charge in [0, 0.05) is 37.4 Å². The molecule has 0 aliphatic carbocycles. The van der Waals surface area contributed by atoms with Crippen molar-refractivity contribution in [3.05, 3.63) is 29.8 Å². The first-order valence-electron chi connectivity index (χ1n) is 7.37. The summed E-state index contributed by atoms with van der Waals surface area (Å²) in [6, 6.07) is 10.1. The van der Waals surface area contributed by atoms with E-state index in [4.69, 9.17) is 0 Å². The lowest BCUT2D eigenvalue weighted by atomic mass is 9.99. The van der Waals surface area contributed by atoms with Crippen LogP contribution in [0.5, 0.6) is 0 Å². The number of benzene rings is 1. The topological polar surface area (TPSA) is 18.5 Å². The molecule has 1 fully saturated rings. The van der Waals surface area contributed by atoms with Crippen LogP contribution in [0.3, 0.4) is 0 Å². The summed E-state index contributed by atoms with van der Waals surface area (Å²) < 4.78 is 0. The molecule has 0 aromatic heterocycles. The molecule has 1 aromatic rings. The van der Waals surface area contributed by atoms with Crippen molar-refractivity contribution < 1.29 is 0 Å². The van der Waals surface area contributed by atoms with E-state index in [0.29, 0.717) is 12.1 Å². The number of hydrogen-bond acceptors (Lipinski definition) is 3. The average Bonchev–Trinajstić information content (AvgIpc) is 2.80. The van der Waals surface area contributed by atoms with Crippen LogP contribution in [0.4, 0.5) is 5.69 Å². The Labute approximate surface area is 116 Å². The Hall–Kier alpha value is -1.06. The Bertz CT molecular complexity index is 443. The maximum Gasteiger partial charge on any atom is 0.0373 e. The van der Waals surface area contributed by atoms with E-state index in [-0.39, 0.29) is 0 Å². The van der Waals surface area contributed by atoms with Crippen molar-refractivity contribution >= 4 is 5.69 Å². The summed E-state index contributed by atoms with van der Waals surface area (Å²) in [6.45, 7) is 5.92. The number of hydrogen-bond donors (Lipinski definition) is 1. The van der Waals surface area contributed by atoms with Crippen LogP contribution in [0.1, 0.15) is 12.5 Å². The molecule has 3 atom stereocenters. The van der Waals surface area contributed by atoms with E-state index in [9.17, 15) is 0 Å². The molecular formula is C16H25N3. The maximum atomic E-state index is 3.59. The average molecular weight is 259 g/mol. The highest BCUT2D eigenvalue weighted by Crippen LogP contribution is 2.28. The summed E-state index contributed by atoms with van der Waals surface area (Å²) in [6.07, 6.45) is 1.19. The standard InChI is InChI=1S/C16H25N3/c1-12-10-19(11-16(12)18(2)3)14-8-13-6-4-5-7-15(13)17-9-14/h4-7,12,14,16-17H,8-11H2,1-3H3. The molecule has 2 aliphatic rings. The maximum absolute atomic E-state index is 3.59. The third-order valence-corrected chi connectivity index (χ3v) is 4.78. The first-order chi connectivity index (χ1) is 9.15. The predicted molar refractivity (Wildman–Crippen MR) is 80.6 cm³/mol. The fourth-order valence-corrected chi connectivity index (χ4v) is 3.64. The van der Waals surface area contributed by atoms with Gasteiger partial charge in [-0.25, -0.2) is 0 Å². The zero-order chi connectivity index (χ0) is 13.4. The first kappa shape index (κ1) is 12.9. The third-order valence-electron chi connectivity index (χ3n) is 4.78. The smallest absolute Gasteiger partial charge is 0.0373 e. The molecule has 3 rings (SSSR count). The van der Waals surface area contributed by atoms with Crippen molar-refractivity contribution in [1.82, 2.24) is 9.80 Å². The number of nitrogens with zero attached hydrogens (tertiary/aromatic N) is 2. The van der Waals surface area contributed by atoms with E-state index in [1.165, 1.54) is 30.8 Å². The molecular weight excluding hydrogens is 234 g/mol. The van der Waals surface area contributed by atoms with Crippen molar-refractivity contribution in [2.75, 3.05) is 39.0 Å². The highest BCUT2D eigenvalue weighted by atomic mass is 15.3. The van der Waals surface area contributed by atoms with E-state index >= 15 is 0 Å². The highest BCUT2D eigenvalue weighted by molar-refractivity contribution is 5.53. The van der Waals surface area contributed by atoms with Crippen molar-refractivity contribution in [2.45, 2.75) is 25.4 Å². The van der Waals surface area contributed by atoms with Gasteiger partial charge in [-0.05, 0) is 38.1 Å². The van der Waals surface area contributed by atoms with Crippen molar-refractivity contribution in [3.8, 4) is 0 Å². The van der Waals surface area contributed by atoms with Crippen LogP contribution < -0.4 is 5.32 Å². The molecule has 3 heteroatoms. The predicted octanol–water partition coefficient (Wildman–Crippen LogP) is 1.91. The summed E-state index contributed by atoms with van der Waals surface area (Å²) in [5.41, 5.74) is 2.80. The van der Waals surface area contributed by atoms with Crippen LogP contribution in [0.25, 0.3) is 0 Å². The highest BCUT2D eigenvalue weighted by Gasteiger charge is 2.35. The lowest BCUT2D eigenvalue weighted by molar-refractivity contribution is 0.217. The Morgan fingerprint density at radius 2 is 2.00 bits per heavy atom. The second kappa shape index (κ2) is 5.14. The van der Waals surface area contributed by atoms with Gasteiger partial charge in [-0.3, -0.25) is 4.90 Å². The zero-order valence-electron chi connectivity index (χ0n) is 12.3. The van der Waals surface area contributed by atoms with Gasteiger partial charge in [0.05, 0.1) is 0 Å². The normalized spacial score (nSPS) is 31.3. The van der Waals surface area contributed by atoms with E-state index in [2.05, 4.69) is 60.4 Å². The van der Waals surface area contributed by atoms with Crippen molar-refractivity contribution in [3.63, 3.8) is 0 Å². The summed E-state index contributed by atoms with van der Waals surface area (Å²) in [7, 11) is 4.41. The van der Waals surface area contributed by atoms with E-state index in [1.807, 2.05) is 0 Å². The van der Waals surface area contributed by atoms with Gasteiger partial charge in [-0.2, -0.15) is 0 Å². The molecule has 1 saturated heterocycles.